The summed E-state index contributed by atoms with van der Waals surface area (Å²) in [7, 11) is -5.20. The molecule has 2 rings (SSSR count). The molecule has 0 aliphatic carbocycles. The van der Waals surface area contributed by atoms with Gasteiger partial charge >= 0.3 is 6.09 Å². The number of anilines is 1. The Bertz CT molecular complexity index is 913. The average molecular weight is 394 g/mol. The van der Waals surface area contributed by atoms with E-state index in [0.29, 0.717) is 5.01 Å². The molecule has 11 heteroatoms. The summed E-state index contributed by atoms with van der Waals surface area (Å²) >= 11 is 0.996. The van der Waals surface area contributed by atoms with Crippen LogP contribution >= 0.6 is 11.3 Å². The fourth-order valence-corrected chi connectivity index (χ4v) is 4.17. The number of thiazole rings is 1. The topological polar surface area (TPSA) is 87.6 Å². The van der Waals surface area contributed by atoms with Gasteiger partial charge in [-0.15, -0.1) is 15.6 Å². The minimum Gasteiger partial charge on any atom is -0.464 e. The van der Waals surface area contributed by atoms with Crippen molar-refractivity contribution in [3.05, 3.63) is 40.0 Å². The molecule has 1 aromatic heterocycles. The summed E-state index contributed by atoms with van der Waals surface area (Å²) in [6, 6.07) is 0.301. The molecule has 0 aliphatic rings. The van der Waals surface area contributed by atoms with E-state index in [9.17, 15) is 31.5 Å². The van der Waals surface area contributed by atoms with E-state index >= 15 is 0 Å². The number of aromatic nitrogens is 1. The molecule has 0 saturated heterocycles. The Morgan fingerprint density at radius 1 is 1.20 bits per heavy atom. The van der Waals surface area contributed by atoms with Crippen LogP contribution in [0.25, 0.3) is 0 Å². The van der Waals surface area contributed by atoms with Crippen LogP contribution in [0.1, 0.15) is 25.8 Å². The van der Waals surface area contributed by atoms with Gasteiger partial charge in [-0.2, -0.15) is 0 Å². The van der Waals surface area contributed by atoms with Crippen molar-refractivity contribution < 1.29 is 31.5 Å². The Kier molecular flexibility index (Phi) is 4.83. The first-order chi connectivity index (χ1) is 11.4. The van der Waals surface area contributed by atoms with Crippen LogP contribution in [0.2, 0.25) is 0 Å². The van der Waals surface area contributed by atoms with E-state index in [1.54, 1.807) is 20.8 Å². The molecule has 1 N–H and O–H groups in total. The summed E-state index contributed by atoms with van der Waals surface area (Å²) in [5.74, 6) is -5.34. The molecule has 1 heterocycles. The zero-order valence-electron chi connectivity index (χ0n) is 13.2. The Morgan fingerprint density at radius 3 is 2.12 bits per heavy atom. The fraction of sp³-hybridized carbons (Fsp3) is 0.286. The van der Waals surface area contributed by atoms with Crippen molar-refractivity contribution in [2.24, 2.45) is 0 Å². The SMILES string of the molecule is CC(C)(C)c1nc(N(C(=O)O)S(=O)(=O)c2c(F)cc(F)cc2F)cs1. The van der Waals surface area contributed by atoms with Crippen molar-refractivity contribution in [1.29, 1.82) is 0 Å². The molecule has 25 heavy (non-hydrogen) atoms. The molecule has 1 amide bonds. The second-order valence-electron chi connectivity index (χ2n) is 6.01. The highest BCUT2D eigenvalue weighted by Crippen LogP contribution is 2.32. The summed E-state index contributed by atoms with van der Waals surface area (Å²) in [5.41, 5.74) is -0.497. The molecule has 0 fully saturated rings. The maximum atomic E-state index is 13.8. The maximum Gasteiger partial charge on any atom is 0.427 e. The molecule has 0 bridgehead atoms. The second-order valence-corrected chi connectivity index (χ2v) is 8.59. The number of carbonyl (C=O) groups is 1. The Hall–Kier alpha value is -2.14. The first kappa shape index (κ1) is 19.2. The Morgan fingerprint density at radius 2 is 1.72 bits per heavy atom. The van der Waals surface area contributed by atoms with Crippen molar-refractivity contribution in [2.75, 3.05) is 4.31 Å². The molecule has 0 radical (unpaired) electrons. The first-order valence-electron chi connectivity index (χ1n) is 6.74. The molecular weight excluding hydrogens is 381 g/mol. The number of rotatable bonds is 3. The van der Waals surface area contributed by atoms with Crippen molar-refractivity contribution in [2.45, 2.75) is 31.1 Å². The van der Waals surface area contributed by atoms with Gasteiger partial charge in [0, 0.05) is 22.9 Å². The van der Waals surface area contributed by atoms with Gasteiger partial charge < -0.3 is 5.11 Å². The summed E-state index contributed by atoms with van der Waals surface area (Å²) in [5, 5.41) is 10.8. The Labute approximate surface area is 145 Å². The molecule has 0 spiro atoms. The predicted molar refractivity (Wildman–Crippen MR) is 84.8 cm³/mol. The zero-order valence-corrected chi connectivity index (χ0v) is 14.9. The predicted octanol–water partition coefficient (Wildman–Crippen LogP) is 3.73. The van der Waals surface area contributed by atoms with Crippen LogP contribution in [0, 0.1) is 17.5 Å². The second kappa shape index (κ2) is 6.30. The molecule has 0 aliphatic heterocycles. The minimum atomic E-state index is -5.20. The largest absolute Gasteiger partial charge is 0.464 e. The van der Waals surface area contributed by atoms with Gasteiger partial charge in [-0.05, 0) is 0 Å². The molecule has 0 unspecified atom stereocenters. The molecule has 0 atom stereocenters. The van der Waals surface area contributed by atoms with E-state index in [2.05, 4.69) is 4.98 Å². The number of hydrogen-bond donors (Lipinski definition) is 1. The van der Waals surface area contributed by atoms with Crippen LogP contribution in [-0.2, 0) is 15.4 Å². The molecular formula is C14H13F3N2O4S2. The third-order valence-electron chi connectivity index (χ3n) is 2.98. The smallest absolute Gasteiger partial charge is 0.427 e. The number of carboxylic acid groups (broad SMARTS) is 1. The number of sulfonamides is 1. The van der Waals surface area contributed by atoms with Gasteiger partial charge in [0.25, 0.3) is 10.0 Å². The van der Waals surface area contributed by atoms with Crippen LogP contribution in [0.15, 0.2) is 22.4 Å². The third-order valence-corrected chi connectivity index (χ3v) is 5.96. The number of nitrogens with zero attached hydrogens (tertiary/aromatic N) is 2. The maximum absolute atomic E-state index is 13.8. The van der Waals surface area contributed by atoms with Crippen molar-refractivity contribution in [1.82, 2.24) is 4.98 Å². The van der Waals surface area contributed by atoms with Crippen LogP contribution < -0.4 is 4.31 Å². The average Bonchev–Trinajstić information content (AvgIpc) is 2.84. The van der Waals surface area contributed by atoms with E-state index in [1.807, 2.05) is 0 Å². The number of hydrogen-bond acceptors (Lipinski definition) is 5. The van der Waals surface area contributed by atoms with E-state index in [0.717, 1.165) is 16.7 Å². The van der Waals surface area contributed by atoms with Gasteiger partial charge in [0.1, 0.15) is 22.5 Å². The highest BCUT2D eigenvalue weighted by molar-refractivity contribution is 7.93. The monoisotopic (exact) mass is 394 g/mol. The minimum absolute atomic E-state index is 0.150. The molecule has 2 aromatic rings. The number of amides is 1. The van der Waals surface area contributed by atoms with Crippen molar-refractivity contribution >= 4 is 33.3 Å². The van der Waals surface area contributed by atoms with Crippen LogP contribution in [0.4, 0.5) is 23.8 Å². The lowest BCUT2D eigenvalue weighted by molar-refractivity contribution is 0.206. The lowest BCUT2D eigenvalue weighted by Crippen LogP contribution is -2.37. The molecule has 136 valence electrons. The summed E-state index contributed by atoms with van der Waals surface area (Å²) in [6.45, 7) is 5.32. The number of benzene rings is 1. The molecule has 6 nitrogen and oxygen atoms in total. The zero-order chi connectivity index (χ0) is 19.2. The van der Waals surface area contributed by atoms with Gasteiger partial charge in [-0.25, -0.2) is 31.4 Å². The van der Waals surface area contributed by atoms with E-state index < -0.39 is 49.7 Å². The Balaban J connectivity index is 2.65. The lowest BCUT2D eigenvalue weighted by atomic mass is 9.98. The van der Waals surface area contributed by atoms with Gasteiger partial charge in [-0.3, -0.25) is 0 Å². The summed E-state index contributed by atoms with van der Waals surface area (Å²) < 4.78 is 65.4. The normalized spacial score (nSPS) is 12.2. The summed E-state index contributed by atoms with van der Waals surface area (Å²) in [4.78, 5) is 13.8. The van der Waals surface area contributed by atoms with Crippen LogP contribution in [0.3, 0.4) is 0 Å². The fourth-order valence-electron chi connectivity index (χ4n) is 1.89. The van der Waals surface area contributed by atoms with Gasteiger partial charge in [0.15, 0.2) is 10.7 Å². The van der Waals surface area contributed by atoms with Gasteiger partial charge in [-0.1, -0.05) is 20.8 Å². The van der Waals surface area contributed by atoms with Crippen molar-refractivity contribution in [3.63, 3.8) is 0 Å². The van der Waals surface area contributed by atoms with E-state index in [1.165, 1.54) is 0 Å². The molecule has 0 saturated carbocycles. The van der Waals surface area contributed by atoms with Crippen LogP contribution in [0.5, 0.6) is 0 Å². The highest BCUT2D eigenvalue weighted by Gasteiger charge is 2.38. The lowest BCUT2D eigenvalue weighted by Gasteiger charge is -2.18. The standard InChI is InChI=1S/C14H13F3N2O4S2/c1-14(2,3)12-18-10(6-24-12)19(13(20)21)25(22,23)11-8(16)4-7(15)5-9(11)17/h4-6H,1-3H3,(H,20,21). The van der Waals surface area contributed by atoms with E-state index in [4.69, 9.17) is 0 Å². The quantitative estimate of drug-likeness (QED) is 0.857. The van der Waals surface area contributed by atoms with E-state index in [-0.39, 0.29) is 16.4 Å². The first-order valence-corrected chi connectivity index (χ1v) is 9.06. The van der Waals surface area contributed by atoms with Crippen molar-refractivity contribution in [3.8, 4) is 0 Å². The van der Waals surface area contributed by atoms with Gasteiger partial charge in [0.2, 0.25) is 0 Å². The highest BCUT2D eigenvalue weighted by atomic mass is 32.2. The van der Waals surface area contributed by atoms with Crippen LogP contribution in [-0.4, -0.2) is 24.6 Å². The summed E-state index contributed by atoms with van der Waals surface area (Å²) in [6.07, 6.45) is -2.01. The third kappa shape index (κ3) is 3.61. The number of halogens is 3. The van der Waals surface area contributed by atoms with Gasteiger partial charge in [0.05, 0.1) is 0 Å². The molecule has 1 aromatic carbocycles.